The molecule has 11 heavy (non-hydrogen) atoms. The highest BCUT2D eigenvalue weighted by Crippen LogP contribution is 2.19. The minimum Gasteiger partial charge on any atom is -0.382 e. The molecule has 0 aromatic carbocycles. The summed E-state index contributed by atoms with van der Waals surface area (Å²) in [6, 6.07) is 0. The molecule has 1 fully saturated rings. The molecule has 0 aromatic heterocycles. The van der Waals surface area contributed by atoms with Gasteiger partial charge in [0, 0.05) is 14.2 Å². The van der Waals surface area contributed by atoms with Gasteiger partial charge in [-0.25, -0.2) is 0 Å². The Morgan fingerprint density at radius 3 is 1.91 bits per heavy atom. The fourth-order valence-electron chi connectivity index (χ4n) is 1.40. The molecule has 0 spiro atoms. The highest BCUT2D eigenvalue weighted by atomic mass is 16.6. The Morgan fingerprint density at radius 2 is 1.55 bits per heavy atom. The largest absolute Gasteiger partial charge is 0.382 e. The molecule has 0 amide bonds. The minimum absolute atomic E-state index is 0.292. The maximum Gasteiger partial charge on any atom is 0.0814 e. The Morgan fingerprint density at radius 1 is 1.09 bits per heavy atom. The summed E-state index contributed by atoms with van der Waals surface area (Å²) >= 11 is 0. The molecule has 0 aliphatic carbocycles. The van der Waals surface area contributed by atoms with Crippen LogP contribution in [0.1, 0.15) is 12.8 Å². The van der Waals surface area contributed by atoms with Crippen LogP contribution >= 0.6 is 0 Å². The number of rotatable bonds is 4. The molecule has 0 bridgehead atoms. The van der Waals surface area contributed by atoms with Gasteiger partial charge in [0.25, 0.3) is 0 Å². The summed E-state index contributed by atoms with van der Waals surface area (Å²) in [5, 5.41) is 0. The predicted octanol–water partition coefficient (Wildman–Crippen LogP) is 0.827. The van der Waals surface area contributed by atoms with Crippen molar-refractivity contribution in [1.82, 2.24) is 0 Å². The van der Waals surface area contributed by atoms with E-state index in [1.807, 2.05) is 0 Å². The van der Waals surface area contributed by atoms with Gasteiger partial charge in [-0.2, -0.15) is 0 Å². The molecule has 0 aromatic rings. The van der Waals surface area contributed by atoms with Crippen LogP contribution in [0.5, 0.6) is 0 Å². The monoisotopic (exact) mass is 160 g/mol. The van der Waals surface area contributed by atoms with E-state index in [2.05, 4.69) is 0 Å². The Hall–Kier alpha value is -0.120. The average molecular weight is 160 g/mol. The van der Waals surface area contributed by atoms with Crippen molar-refractivity contribution in [1.29, 1.82) is 0 Å². The van der Waals surface area contributed by atoms with Gasteiger partial charge in [-0.1, -0.05) is 0 Å². The fourth-order valence-corrected chi connectivity index (χ4v) is 1.40. The first-order chi connectivity index (χ1) is 5.36. The van der Waals surface area contributed by atoms with Crippen molar-refractivity contribution in [3.05, 3.63) is 0 Å². The third-order valence-corrected chi connectivity index (χ3v) is 1.90. The SMILES string of the molecule is COC[C@H]1CC[C@H](COC)O1. The summed E-state index contributed by atoms with van der Waals surface area (Å²) in [6.45, 7) is 1.42. The first kappa shape index (κ1) is 8.97. The lowest BCUT2D eigenvalue weighted by Crippen LogP contribution is -2.18. The Kier molecular flexibility index (Phi) is 3.83. The van der Waals surface area contributed by atoms with Crippen molar-refractivity contribution in [2.75, 3.05) is 27.4 Å². The van der Waals surface area contributed by atoms with Gasteiger partial charge in [0.1, 0.15) is 0 Å². The van der Waals surface area contributed by atoms with Crippen LogP contribution in [0.25, 0.3) is 0 Å². The van der Waals surface area contributed by atoms with Crippen molar-refractivity contribution in [3.63, 3.8) is 0 Å². The molecule has 1 aliphatic rings. The Balaban J connectivity index is 2.12. The fraction of sp³-hybridized carbons (Fsp3) is 1.00. The molecule has 0 radical (unpaired) electrons. The smallest absolute Gasteiger partial charge is 0.0814 e. The first-order valence-electron chi connectivity index (χ1n) is 4.00. The summed E-state index contributed by atoms with van der Waals surface area (Å²) in [6.07, 6.45) is 2.78. The van der Waals surface area contributed by atoms with E-state index in [1.165, 1.54) is 0 Å². The molecule has 1 aliphatic heterocycles. The third kappa shape index (κ3) is 2.77. The summed E-state index contributed by atoms with van der Waals surface area (Å²) < 4.78 is 15.6. The number of hydrogen-bond donors (Lipinski definition) is 0. The molecule has 0 N–H and O–H groups in total. The van der Waals surface area contributed by atoms with E-state index < -0.39 is 0 Å². The zero-order valence-electron chi connectivity index (χ0n) is 7.21. The maximum absolute atomic E-state index is 5.59. The number of hydrogen-bond acceptors (Lipinski definition) is 3. The van der Waals surface area contributed by atoms with Crippen LogP contribution in [0.3, 0.4) is 0 Å². The molecule has 1 rings (SSSR count). The molecular weight excluding hydrogens is 144 g/mol. The van der Waals surface area contributed by atoms with E-state index in [0.717, 1.165) is 12.8 Å². The van der Waals surface area contributed by atoms with Crippen LogP contribution in [-0.4, -0.2) is 39.6 Å². The summed E-state index contributed by atoms with van der Waals surface area (Å²) in [5.41, 5.74) is 0. The number of methoxy groups -OCH3 is 2. The van der Waals surface area contributed by atoms with Gasteiger partial charge in [0.05, 0.1) is 25.4 Å². The summed E-state index contributed by atoms with van der Waals surface area (Å²) in [4.78, 5) is 0. The Labute approximate surface area is 67.6 Å². The average Bonchev–Trinajstić information content (AvgIpc) is 2.38. The lowest BCUT2D eigenvalue weighted by molar-refractivity contribution is -0.0294. The zero-order chi connectivity index (χ0) is 8.10. The van der Waals surface area contributed by atoms with Gasteiger partial charge < -0.3 is 14.2 Å². The topological polar surface area (TPSA) is 27.7 Å². The molecule has 1 saturated heterocycles. The normalized spacial score (nSPS) is 31.1. The van der Waals surface area contributed by atoms with Crippen molar-refractivity contribution < 1.29 is 14.2 Å². The molecule has 1 heterocycles. The van der Waals surface area contributed by atoms with Crippen LogP contribution in [0.4, 0.5) is 0 Å². The standard InChI is InChI=1S/C8H16O3/c1-9-5-7-3-4-8(11-7)6-10-2/h7-8H,3-6H2,1-2H3/t7-,8-/m1/s1. The third-order valence-electron chi connectivity index (χ3n) is 1.90. The molecule has 2 atom stereocenters. The number of ether oxygens (including phenoxy) is 3. The lowest BCUT2D eigenvalue weighted by Gasteiger charge is -2.11. The second-order valence-electron chi connectivity index (χ2n) is 2.87. The quantitative estimate of drug-likeness (QED) is 0.609. The van der Waals surface area contributed by atoms with Crippen molar-refractivity contribution >= 4 is 0 Å². The van der Waals surface area contributed by atoms with Gasteiger partial charge in [0.15, 0.2) is 0 Å². The van der Waals surface area contributed by atoms with Crippen LogP contribution in [-0.2, 0) is 14.2 Å². The van der Waals surface area contributed by atoms with Crippen molar-refractivity contribution in [2.24, 2.45) is 0 Å². The first-order valence-corrected chi connectivity index (χ1v) is 4.00. The van der Waals surface area contributed by atoms with Crippen molar-refractivity contribution in [2.45, 2.75) is 25.0 Å². The summed E-state index contributed by atoms with van der Waals surface area (Å²) in [5.74, 6) is 0. The van der Waals surface area contributed by atoms with E-state index >= 15 is 0 Å². The second kappa shape index (κ2) is 4.70. The molecule has 66 valence electrons. The van der Waals surface area contributed by atoms with Gasteiger partial charge in [-0.3, -0.25) is 0 Å². The van der Waals surface area contributed by atoms with Crippen LogP contribution in [0.2, 0.25) is 0 Å². The van der Waals surface area contributed by atoms with E-state index in [1.54, 1.807) is 14.2 Å². The zero-order valence-corrected chi connectivity index (χ0v) is 7.21. The van der Waals surface area contributed by atoms with E-state index in [0.29, 0.717) is 25.4 Å². The maximum atomic E-state index is 5.59. The lowest BCUT2D eigenvalue weighted by atomic mass is 10.2. The van der Waals surface area contributed by atoms with Crippen molar-refractivity contribution in [3.8, 4) is 0 Å². The highest BCUT2D eigenvalue weighted by molar-refractivity contribution is 4.72. The molecule has 3 heteroatoms. The minimum atomic E-state index is 0.292. The summed E-state index contributed by atoms with van der Waals surface area (Å²) in [7, 11) is 3.40. The second-order valence-corrected chi connectivity index (χ2v) is 2.87. The van der Waals surface area contributed by atoms with E-state index in [9.17, 15) is 0 Å². The van der Waals surface area contributed by atoms with Crippen LogP contribution in [0.15, 0.2) is 0 Å². The Bertz CT molecular complexity index is 93.5. The highest BCUT2D eigenvalue weighted by Gasteiger charge is 2.24. The van der Waals surface area contributed by atoms with Gasteiger partial charge >= 0.3 is 0 Å². The molecule has 3 nitrogen and oxygen atoms in total. The predicted molar refractivity (Wildman–Crippen MR) is 41.6 cm³/mol. The molecule has 0 saturated carbocycles. The van der Waals surface area contributed by atoms with Gasteiger partial charge in [-0.15, -0.1) is 0 Å². The van der Waals surface area contributed by atoms with Crippen LogP contribution < -0.4 is 0 Å². The van der Waals surface area contributed by atoms with Gasteiger partial charge in [-0.05, 0) is 12.8 Å². The molecule has 0 unspecified atom stereocenters. The van der Waals surface area contributed by atoms with Gasteiger partial charge in [0.2, 0.25) is 0 Å². The molecular formula is C8H16O3. The van der Waals surface area contributed by atoms with E-state index in [-0.39, 0.29) is 0 Å². The van der Waals surface area contributed by atoms with E-state index in [4.69, 9.17) is 14.2 Å². The van der Waals surface area contributed by atoms with Crippen LogP contribution in [0, 0.1) is 0 Å².